The Labute approximate surface area is 382 Å². The summed E-state index contributed by atoms with van der Waals surface area (Å²) in [4.78, 5) is 84.8. The fourth-order valence-corrected chi connectivity index (χ4v) is 8.90. The Morgan fingerprint density at radius 3 is 2.21 bits per heavy atom. The number of halogens is 1. The van der Waals surface area contributed by atoms with Crippen molar-refractivity contribution in [3.63, 3.8) is 0 Å². The number of hydrogen-bond donors (Lipinski definition) is 2. The average Bonchev–Trinajstić information content (AvgIpc) is 3.80. The minimum absolute atomic E-state index is 0.0160. The summed E-state index contributed by atoms with van der Waals surface area (Å²) in [5, 5.41) is 10.7. The van der Waals surface area contributed by atoms with E-state index in [0.717, 1.165) is 52.1 Å². The monoisotopic (exact) mass is 903 g/mol. The van der Waals surface area contributed by atoms with Gasteiger partial charge in [0, 0.05) is 108 Å². The third-order valence-electron chi connectivity index (χ3n) is 12.6. The summed E-state index contributed by atoms with van der Waals surface area (Å²) in [5.41, 5.74) is 2.05. The van der Waals surface area contributed by atoms with Crippen molar-refractivity contribution in [2.45, 2.75) is 59.1 Å². The first-order chi connectivity index (χ1) is 31.7. The number of nitrogens with one attached hydrogen (secondary N) is 2. The van der Waals surface area contributed by atoms with Crippen LogP contribution in [0, 0.1) is 11.7 Å². The molecule has 3 fully saturated rings. The second-order valence-electron chi connectivity index (χ2n) is 18.4. The molecule has 0 atom stereocenters. The summed E-state index contributed by atoms with van der Waals surface area (Å²) in [6, 6.07) is 13.3. The molecule has 0 saturated carbocycles. The van der Waals surface area contributed by atoms with E-state index in [1.54, 1.807) is 78.3 Å². The molecule has 3 aliphatic rings. The maximum Gasteiger partial charge on any atom is 0.412 e. The average molecular weight is 904 g/mol. The molecule has 4 amide bonds. The molecule has 6 heterocycles. The second-order valence-corrected chi connectivity index (χ2v) is 18.4. The van der Waals surface area contributed by atoms with Gasteiger partial charge in [-0.2, -0.15) is 5.10 Å². The van der Waals surface area contributed by atoms with Crippen LogP contribution in [-0.4, -0.2) is 157 Å². The fraction of sp³-hybridized carbons (Fsp3) is 0.458. The highest BCUT2D eigenvalue weighted by molar-refractivity contribution is 6.02. The lowest BCUT2D eigenvalue weighted by Crippen LogP contribution is -2.55. The number of amides is 4. The molecule has 18 heteroatoms. The van der Waals surface area contributed by atoms with E-state index in [2.05, 4.69) is 35.3 Å². The van der Waals surface area contributed by atoms with Crippen molar-refractivity contribution in [1.82, 2.24) is 49.2 Å². The Kier molecular flexibility index (Phi) is 13.9. The number of rotatable bonds is 11. The smallest absolute Gasteiger partial charge is 0.412 e. The van der Waals surface area contributed by atoms with Crippen LogP contribution in [0.3, 0.4) is 0 Å². The molecule has 2 aromatic carbocycles. The Morgan fingerprint density at radius 2 is 1.52 bits per heavy atom. The van der Waals surface area contributed by atoms with E-state index < -0.39 is 23.4 Å². The fourth-order valence-electron chi connectivity index (χ4n) is 8.90. The molecule has 348 valence electrons. The third kappa shape index (κ3) is 10.9. The van der Waals surface area contributed by atoms with Gasteiger partial charge >= 0.3 is 6.09 Å². The van der Waals surface area contributed by atoms with E-state index in [4.69, 9.17) is 4.74 Å². The van der Waals surface area contributed by atoms with Crippen molar-refractivity contribution >= 4 is 40.3 Å². The lowest BCUT2D eigenvalue weighted by molar-refractivity contribution is -0.134. The number of imidazole rings is 1. The zero-order chi connectivity index (χ0) is 46.5. The third-order valence-corrected chi connectivity index (χ3v) is 12.6. The van der Waals surface area contributed by atoms with Gasteiger partial charge in [0.2, 0.25) is 5.91 Å². The number of nitrogens with zero attached hydrogens (tertiary/aromatic N) is 9. The molecule has 3 aliphatic heterocycles. The first-order valence-corrected chi connectivity index (χ1v) is 22.8. The van der Waals surface area contributed by atoms with Crippen molar-refractivity contribution < 1.29 is 28.3 Å². The predicted molar refractivity (Wildman–Crippen MR) is 247 cm³/mol. The van der Waals surface area contributed by atoms with Crippen LogP contribution in [0.2, 0.25) is 0 Å². The zero-order valence-corrected chi connectivity index (χ0v) is 38.1. The van der Waals surface area contributed by atoms with E-state index in [1.165, 1.54) is 6.07 Å². The highest BCUT2D eigenvalue weighted by Crippen LogP contribution is 2.28. The van der Waals surface area contributed by atoms with Gasteiger partial charge in [0.1, 0.15) is 11.4 Å². The molecule has 0 spiro atoms. The Balaban J connectivity index is 0.778. The zero-order valence-electron chi connectivity index (χ0n) is 38.1. The number of benzene rings is 2. The van der Waals surface area contributed by atoms with Gasteiger partial charge in [-0.25, -0.2) is 24.3 Å². The Bertz CT molecular complexity index is 2640. The van der Waals surface area contributed by atoms with Crippen molar-refractivity contribution in [3.8, 4) is 11.3 Å². The molecule has 2 N–H and O–H groups in total. The van der Waals surface area contributed by atoms with Crippen LogP contribution in [-0.2, 0) is 22.5 Å². The summed E-state index contributed by atoms with van der Waals surface area (Å²) < 4.78 is 22.5. The van der Waals surface area contributed by atoms with E-state index >= 15 is 4.39 Å². The Morgan fingerprint density at radius 1 is 0.833 bits per heavy atom. The first-order valence-electron chi connectivity index (χ1n) is 22.8. The van der Waals surface area contributed by atoms with Gasteiger partial charge in [0.05, 0.1) is 40.9 Å². The van der Waals surface area contributed by atoms with Gasteiger partial charge in [0.15, 0.2) is 5.69 Å². The number of aromatic amines is 1. The predicted octanol–water partition coefficient (Wildman–Crippen LogP) is 4.73. The minimum Gasteiger partial charge on any atom is -0.444 e. The van der Waals surface area contributed by atoms with E-state index in [0.29, 0.717) is 91.4 Å². The summed E-state index contributed by atoms with van der Waals surface area (Å²) in [6.45, 7) is 15.0. The quantitative estimate of drug-likeness (QED) is 0.187. The maximum absolute atomic E-state index is 15.1. The van der Waals surface area contributed by atoms with Gasteiger partial charge in [0.25, 0.3) is 17.4 Å². The van der Waals surface area contributed by atoms with Gasteiger partial charge in [-0.3, -0.25) is 29.4 Å². The molecule has 0 radical (unpaired) electrons. The number of fused-ring (bicyclic) bond motifs is 1. The van der Waals surface area contributed by atoms with Crippen LogP contribution < -0.4 is 10.9 Å². The summed E-state index contributed by atoms with van der Waals surface area (Å²) in [6.07, 6.45) is 6.54. The van der Waals surface area contributed by atoms with Crippen molar-refractivity contribution in [2.24, 2.45) is 5.92 Å². The summed E-state index contributed by atoms with van der Waals surface area (Å²) in [7, 11) is 0. The highest BCUT2D eigenvalue weighted by Gasteiger charge is 2.31. The minimum atomic E-state index is -0.724. The normalized spacial score (nSPS) is 16.7. The largest absolute Gasteiger partial charge is 0.444 e. The number of aromatic nitrogens is 5. The molecule has 0 aliphatic carbocycles. The number of H-pyrrole nitrogens is 1. The highest BCUT2D eigenvalue weighted by atomic mass is 19.1. The number of piperazine rings is 2. The molecule has 3 saturated heterocycles. The molecular formula is C48H58FN11O6. The molecular weight excluding hydrogens is 846 g/mol. The van der Waals surface area contributed by atoms with Gasteiger partial charge in [-0.15, -0.1) is 0 Å². The van der Waals surface area contributed by atoms with Crippen molar-refractivity contribution in [3.05, 3.63) is 106 Å². The number of likely N-dealkylation sites (tertiary alicyclic amines) is 1. The van der Waals surface area contributed by atoms with Crippen molar-refractivity contribution in [1.29, 1.82) is 0 Å². The topological polar surface area (TPSA) is 182 Å². The van der Waals surface area contributed by atoms with E-state index in [1.807, 2.05) is 29.8 Å². The number of carbonyl (C=O) groups is 4. The molecule has 8 rings (SSSR count). The molecule has 17 nitrogen and oxygen atoms in total. The Hall–Kier alpha value is -6.53. The number of ether oxygens (including phenoxy) is 1. The van der Waals surface area contributed by atoms with Gasteiger partial charge in [-0.1, -0.05) is 24.3 Å². The maximum atomic E-state index is 15.1. The molecule has 5 aromatic rings. The summed E-state index contributed by atoms with van der Waals surface area (Å²) in [5.74, 6) is -0.855. The second kappa shape index (κ2) is 19.9. The summed E-state index contributed by atoms with van der Waals surface area (Å²) >= 11 is 0. The van der Waals surface area contributed by atoms with Crippen LogP contribution in [0.5, 0.6) is 0 Å². The molecule has 0 unspecified atom stereocenters. The number of hydrogen-bond acceptors (Lipinski definition) is 11. The standard InChI is InChI=1S/C48H58FN11O6/c1-5-55-29-41(51-31-55)34-26-40(52-47(65)66-48(2,3)4)43(50-27-34)46(64)59-14-12-32(13-15-59)28-56-16-18-57(19-17-56)30-42(61)58-20-22-60(23-21-58)45(63)37-24-33(10-11-38(37)49)25-39-35-8-6-7-9-36(35)44(62)54-53-39/h6-11,24,26-27,29,31-32H,5,12-23,25,28,30H2,1-4H3,(H,52,65)(H,54,62). The van der Waals surface area contributed by atoms with Crippen LogP contribution in [0.4, 0.5) is 14.9 Å². The number of piperidine rings is 1. The van der Waals surface area contributed by atoms with Crippen molar-refractivity contribution in [2.75, 3.05) is 83.9 Å². The van der Waals surface area contributed by atoms with E-state index in [-0.39, 0.29) is 34.3 Å². The van der Waals surface area contributed by atoms with Crippen LogP contribution in [0.15, 0.2) is 72.0 Å². The van der Waals surface area contributed by atoms with Gasteiger partial charge < -0.3 is 28.9 Å². The van der Waals surface area contributed by atoms with Crippen LogP contribution in [0.25, 0.3) is 22.0 Å². The molecule has 3 aromatic heterocycles. The number of pyridine rings is 1. The lowest BCUT2D eigenvalue weighted by Gasteiger charge is -2.40. The SMILES string of the molecule is CCn1cnc(-c2cnc(C(=O)N3CCC(CN4CCN(CC(=O)N5CCN(C(=O)c6cc(Cc7n[nH]c(=O)c8ccccc78)ccc6F)CC5)CC4)CC3)c(NC(=O)OC(C)(C)C)c2)c1. The molecule has 0 bridgehead atoms. The first kappa shape index (κ1) is 46.0. The number of aryl methyl sites for hydroxylation is 1. The van der Waals surface area contributed by atoms with Gasteiger partial charge in [-0.05, 0) is 76.3 Å². The number of carbonyl (C=O) groups excluding carboxylic acids is 4. The van der Waals surface area contributed by atoms with Crippen LogP contribution in [0.1, 0.15) is 72.6 Å². The molecule has 66 heavy (non-hydrogen) atoms. The lowest BCUT2D eigenvalue weighted by atomic mass is 9.95. The van der Waals surface area contributed by atoms with Crippen LogP contribution >= 0.6 is 0 Å². The van der Waals surface area contributed by atoms with E-state index in [9.17, 15) is 24.0 Å². The number of anilines is 1.